The van der Waals surface area contributed by atoms with Crippen LogP contribution >= 0.6 is 0 Å². The van der Waals surface area contributed by atoms with Gasteiger partial charge in [-0.05, 0) is 18.4 Å². The third-order valence-electron chi connectivity index (χ3n) is 2.53. The highest BCUT2D eigenvalue weighted by atomic mass is 19.3. The van der Waals surface area contributed by atoms with Gasteiger partial charge in [-0.1, -0.05) is 30.3 Å². The molecule has 0 atom stereocenters. The summed E-state index contributed by atoms with van der Waals surface area (Å²) in [4.78, 5) is 11.4. The molecule has 0 saturated heterocycles. The van der Waals surface area contributed by atoms with E-state index in [1.54, 1.807) is 0 Å². The van der Waals surface area contributed by atoms with Crippen LogP contribution in [0.2, 0.25) is 0 Å². The predicted octanol–water partition coefficient (Wildman–Crippen LogP) is 3.25. The highest BCUT2D eigenvalue weighted by Crippen LogP contribution is 2.06. The Hall–Kier alpha value is -1.29. The van der Waals surface area contributed by atoms with Gasteiger partial charge >= 0.3 is 0 Å². The molecule has 1 aromatic carbocycles. The monoisotopic (exact) mass is 256 g/mol. The van der Waals surface area contributed by atoms with E-state index in [4.69, 9.17) is 0 Å². The van der Waals surface area contributed by atoms with E-state index in [9.17, 15) is 13.6 Å². The lowest BCUT2D eigenvalue weighted by Crippen LogP contribution is -2.09. The molecule has 0 radical (unpaired) electrons. The second kappa shape index (κ2) is 8.75. The fourth-order valence-electron chi connectivity index (χ4n) is 1.62. The zero-order valence-corrected chi connectivity index (χ0v) is 10.3. The molecule has 0 N–H and O–H groups in total. The van der Waals surface area contributed by atoms with E-state index in [2.05, 4.69) is 4.74 Å². The van der Waals surface area contributed by atoms with Crippen LogP contribution in [-0.4, -0.2) is 25.4 Å². The lowest BCUT2D eigenvalue weighted by Gasteiger charge is -2.03. The molecule has 0 aliphatic heterocycles. The topological polar surface area (TPSA) is 26.3 Å². The van der Waals surface area contributed by atoms with Crippen molar-refractivity contribution >= 4 is 5.78 Å². The number of aryl methyl sites for hydroxylation is 1. The van der Waals surface area contributed by atoms with Crippen LogP contribution in [0, 0.1) is 0 Å². The second-order valence-corrected chi connectivity index (χ2v) is 4.09. The Balaban J connectivity index is 2.03. The first kappa shape index (κ1) is 14.8. The summed E-state index contributed by atoms with van der Waals surface area (Å²) in [6.07, 6.45) is -0.102. The van der Waals surface area contributed by atoms with Gasteiger partial charge in [-0.15, -0.1) is 0 Å². The summed E-state index contributed by atoms with van der Waals surface area (Å²) in [6, 6.07) is 9.94. The fourth-order valence-corrected chi connectivity index (χ4v) is 1.62. The normalized spacial score (nSPS) is 10.8. The lowest BCUT2D eigenvalue weighted by atomic mass is 10.1. The number of alkyl halides is 2. The number of rotatable bonds is 9. The maximum atomic E-state index is 11.7. The highest BCUT2D eigenvalue weighted by Gasteiger charge is 2.05. The van der Waals surface area contributed by atoms with Gasteiger partial charge in [0.25, 0.3) is 6.43 Å². The Kier molecular flexibility index (Phi) is 7.18. The Morgan fingerprint density at radius 3 is 2.56 bits per heavy atom. The Bertz CT molecular complexity index is 339. The van der Waals surface area contributed by atoms with Gasteiger partial charge in [0.2, 0.25) is 0 Å². The van der Waals surface area contributed by atoms with Crippen LogP contribution in [0.4, 0.5) is 8.78 Å². The van der Waals surface area contributed by atoms with Gasteiger partial charge in [0.05, 0.1) is 6.61 Å². The standard InChI is InChI=1S/C14H18F2O2/c15-14(16)11-18-10-9-13(17)8-4-7-12-5-2-1-3-6-12/h1-3,5-6,14H,4,7-11H2. The zero-order valence-electron chi connectivity index (χ0n) is 10.3. The van der Waals surface area contributed by atoms with Gasteiger partial charge < -0.3 is 4.74 Å². The van der Waals surface area contributed by atoms with Gasteiger partial charge in [-0.3, -0.25) is 4.79 Å². The van der Waals surface area contributed by atoms with Gasteiger partial charge in [-0.2, -0.15) is 0 Å². The van der Waals surface area contributed by atoms with Crippen molar-refractivity contribution in [1.29, 1.82) is 0 Å². The fraction of sp³-hybridized carbons (Fsp3) is 0.500. The molecule has 0 aromatic heterocycles. The van der Waals surface area contributed by atoms with E-state index in [-0.39, 0.29) is 18.8 Å². The largest absolute Gasteiger partial charge is 0.375 e. The van der Waals surface area contributed by atoms with E-state index in [0.717, 1.165) is 12.8 Å². The quantitative estimate of drug-likeness (QED) is 0.634. The molecule has 0 unspecified atom stereocenters. The molecule has 1 rings (SSSR count). The van der Waals surface area contributed by atoms with E-state index in [1.165, 1.54) is 5.56 Å². The third kappa shape index (κ3) is 7.12. The first-order chi connectivity index (χ1) is 8.68. The van der Waals surface area contributed by atoms with E-state index in [1.807, 2.05) is 30.3 Å². The molecule has 4 heteroatoms. The van der Waals surface area contributed by atoms with Crippen LogP contribution in [0.15, 0.2) is 30.3 Å². The minimum atomic E-state index is -2.46. The summed E-state index contributed by atoms with van der Waals surface area (Å²) >= 11 is 0. The Morgan fingerprint density at radius 1 is 1.17 bits per heavy atom. The zero-order chi connectivity index (χ0) is 13.2. The molecule has 0 fully saturated rings. The van der Waals surface area contributed by atoms with Crippen LogP contribution in [0.25, 0.3) is 0 Å². The van der Waals surface area contributed by atoms with Gasteiger partial charge in [0, 0.05) is 12.8 Å². The van der Waals surface area contributed by atoms with Crippen LogP contribution in [0.1, 0.15) is 24.8 Å². The molecule has 0 heterocycles. The lowest BCUT2D eigenvalue weighted by molar-refractivity contribution is -0.120. The average molecular weight is 256 g/mol. The van der Waals surface area contributed by atoms with E-state index in [0.29, 0.717) is 6.42 Å². The summed E-state index contributed by atoms with van der Waals surface area (Å²) in [5, 5.41) is 0. The number of Topliss-reactive ketones (excluding diaryl/α,β-unsaturated/α-hetero) is 1. The van der Waals surface area contributed by atoms with Crippen molar-refractivity contribution in [2.45, 2.75) is 32.1 Å². The molecule has 0 amide bonds. The van der Waals surface area contributed by atoms with E-state index < -0.39 is 13.0 Å². The maximum absolute atomic E-state index is 11.7. The molecule has 0 saturated carbocycles. The number of ether oxygens (including phenoxy) is 1. The molecule has 100 valence electrons. The minimum absolute atomic E-state index is 0.0696. The van der Waals surface area contributed by atoms with Crippen molar-refractivity contribution in [1.82, 2.24) is 0 Å². The smallest absolute Gasteiger partial charge is 0.261 e. The number of ketones is 1. The van der Waals surface area contributed by atoms with Crippen molar-refractivity contribution in [3.8, 4) is 0 Å². The van der Waals surface area contributed by atoms with Gasteiger partial charge in [0.1, 0.15) is 12.4 Å². The molecule has 0 bridgehead atoms. The molecule has 0 aliphatic carbocycles. The van der Waals surface area contributed by atoms with Crippen LogP contribution in [0.3, 0.4) is 0 Å². The van der Waals surface area contributed by atoms with Gasteiger partial charge in [-0.25, -0.2) is 8.78 Å². The maximum Gasteiger partial charge on any atom is 0.261 e. The van der Waals surface area contributed by atoms with Crippen molar-refractivity contribution in [3.63, 3.8) is 0 Å². The molecule has 0 aliphatic rings. The molecule has 2 nitrogen and oxygen atoms in total. The molecule has 0 spiro atoms. The summed E-state index contributed by atoms with van der Waals surface area (Å²) in [6.45, 7) is -0.494. The Labute approximate surface area is 106 Å². The SMILES string of the molecule is O=C(CCCc1ccccc1)CCOCC(F)F. The first-order valence-corrected chi connectivity index (χ1v) is 6.10. The number of hydrogen-bond donors (Lipinski definition) is 0. The summed E-state index contributed by atoms with van der Waals surface area (Å²) in [5.74, 6) is 0.0696. The third-order valence-corrected chi connectivity index (χ3v) is 2.53. The number of carbonyl (C=O) groups excluding carboxylic acids is 1. The van der Waals surface area contributed by atoms with Crippen LogP contribution in [0.5, 0.6) is 0 Å². The number of hydrogen-bond acceptors (Lipinski definition) is 2. The minimum Gasteiger partial charge on any atom is -0.375 e. The van der Waals surface area contributed by atoms with Crippen LogP contribution in [-0.2, 0) is 16.0 Å². The second-order valence-electron chi connectivity index (χ2n) is 4.09. The average Bonchev–Trinajstić information content (AvgIpc) is 2.36. The van der Waals surface area contributed by atoms with E-state index >= 15 is 0 Å². The predicted molar refractivity (Wildman–Crippen MR) is 65.8 cm³/mol. The number of carbonyl (C=O) groups is 1. The Morgan fingerprint density at radius 2 is 1.89 bits per heavy atom. The number of benzene rings is 1. The van der Waals surface area contributed by atoms with Crippen molar-refractivity contribution in [2.24, 2.45) is 0 Å². The summed E-state index contributed by atoms with van der Waals surface area (Å²) in [5.41, 5.74) is 1.21. The molecular formula is C14H18F2O2. The molecular weight excluding hydrogens is 238 g/mol. The highest BCUT2D eigenvalue weighted by molar-refractivity contribution is 5.78. The summed E-state index contributed by atoms with van der Waals surface area (Å²) in [7, 11) is 0. The molecule has 1 aromatic rings. The molecule has 18 heavy (non-hydrogen) atoms. The number of halogens is 2. The van der Waals surface area contributed by atoms with Crippen molar-refractivity contribution in [3.05, 3.63) is 35.9 Å². The first-order valence-electron chi connectivity index (χ1n) is 6.10. The van der Waals surface area contributed by atoms with Crippen molar-refractivity contribution in [2.75, 3.05) is 13.2 Å². The van der Waals surface area contributed by atoms with Gasteiger partial charge in [0.15, 0.2) is 0 Å². The van der Waals surface area contributed by atoms with Crippen LogP contribution < -0.4 is 0 Å². The summed E-state index contributed by atoms with van der Waals surface area (Å²) < 4.78 is 28.1. The van der Waals surface area contributed by atoms with Crippen molar-refractivity contribution < 1.29 is 18.3 Å².